The zero-order valence-corrected chi connectivity index (χ0v) is 12.2. The van der Waals surface area contributed by atoms with Crippen molar-refractivity contribution >= 4 is 17.3 Å². The molecule has 0 saturated heterocycles. The Labute approximate surface area is 132 Å². The third-order valence-corrected chi connectivity index (χ3v) is 3.68. The summed E-state index contributed by atoms with van der Waals surface area (Å²) in [5.41, 5.74) is 2.03. The smallest absolute Gasteiger partial charge is 0.269 e. The van der Waals surface area contributed by atoms with Crippen molar-refractivity contribution in [2.24, 2.45) is 0 Å². The number of aromatic nitrogens is 2. The minimum absolute atomic E-state index is 0.0734. The molecule has 1 atom stereocenters. The molecule has 1 aromatic heterocycles. The molecule has 2 aromatic carbocycles. The zero-order chi connectivity index (χ0) is 15.5. The molecule has 1 heterocycles. The van der Waals surface area contributed by atoms with E-state index < -0.39 is 4.92 Å². The summed E-state index contributed by atoms with van der Waals surface area (Å²) in [7, 11) is 0. The number of hydrogen-bond donors (Lipinski definition) is 0. The minimum atomic E-state index is -0.404. The Kier molecular flexibility index (Phi) is 3.89. The van der Waals surface area contributed by atoms with Gasteiger partial charge in [-0.05, 0) is 35.4 Å². The van der Waals surface area contributed by atoms with Crippen LogP contribution in [0.3, 0.4) is 0 Å². The van der Waals surface area contributed by atoms with Crippen molar-refractivity contribution in [3.63, 3.8) is 0 Å². The van der Waals surface area contributed by atoms with Gasteiger partial charge in [0, 0.05) is 29.5 Å². The molecule has 110 valence electrons. The van der Waals surface area contributed by atoms with Crippen LogP contribution in [-0.2, 0) is 0 Å². The molecule has 1 unspecified atom stereocenters. The molecular weight excluding hydrogens is 302 g/mol. The molecule has 0 saturated carbocycles. The number of halogens is 1. The van der Waals surface area contributed by atoms with Crippen LogP contribution in [0.15, 0.2) is 67.3 Å². The SMILES string of the molecule is O=[N+]([O-])c1ccc(C(c2ccc(Cl)cc2)n2ccnc2)cc1. The first kappa shape index (κ1) is 14.3. The molecule has 0 radical (unpaired) electrons. The van der Waals surface area contributed by atoms with Crippen LogP contribution in [0, 0.1) is 10.1 Å². The molecule has 3 rings (SSSR count). The molecular formula is C16H12ClN3O2. The summed E-state index contributed by atoms with van der Waals surface area (Å²) in [5, 5.41) is 11.5. The number of benzene rings is 2. The van der Waals surface area contributed by atoms with Crippen molar-refractivity contribution in [1.29, 1.82) is 0 Å². The Balaban J connectivity index is 2.05. The fourth-order valence-corrected chi connectivity index (χ4v) is 2.51. The Morgan fingerprint density at radius 3 is 2.14 bits per heavy atom. The average molecular weight is 314 g/mol. The molecule has 0 N–H and O–H groups in total. The van der Waals surface area contributed by atoms with Crippen LogP contribution in [0.4, 0.5) is 5.69 Å². The van der Waals surface area contributed by atoms with Gasteiger partial charge < -0.3 is 4.57 Å². The van der Waals surface area contributed by atoms with E-state index in [1.165, 1.54) is 12.1 Å². The van der Waals surface area contributed by atoms with Crippen molar-refractivity contribution in [2.45, 2.75) is 6.04 Å². The molecule has 0 aliphatic rings. The molecule has 5 nitrogen and oxygen atoms in total. The van der Waals surface area contributed by atoms with Gasteiger partial charge in [0.2, 0.25) is 0 Å². The third kappa shape index (κ3) is 2.84. The number of hydrogen-bond acceptors (Lipinski definition) is 3. The maximum absolute atomic E-state index is 10.8. The van der Waals surface area contributed by atoms with E-state index in [1.54, 1.807) is 24.7 Å². The predicted molar refractivity (Wildman–Crippen MR) is 84.0 cm³/mol. The first-order valence-corrected chi connectivity index (χ1v) is 7.00. The van der Waals surface area contributed by atoms with E-state index >= 15 is 0 Å². The lowest BCUT2D eigenvalue weighted by atomic mass is 9.98. The molecule has 0 bridgehead atoms. The molecule has 3 aromatic rings. The second-order valence-electron chi connectivity index (χ2n) is 4.81. The van der Waals surface area contributed by atoms with Crippen LogP contribution < -0.4 is 0 Å². The Hall–Kier alpha value is -2.66. The minimum Gasteiger partial charge on any atom is -0.326 e. The Bertz CT molecular complexity index is 768. The Morgan fingerprint density at radius 2 is 1.64 bits per heavy atom. The second-order valence-corrected chi connectivity index (χ2v) is 5.25. The number of nitro groups is 1. The van der Waals surface area contributed by atoms with Gasteiger partial charge in [-0.3, -0.25) is 10.1 Å². The van der Waals surface area contributed by atoms with Gasteiger partial charge in [0.1, 0.15) is 0 Å². The average Bonchev–Trinajstić information content (AvgIpc) is 3.04. The summed E-state index contributed by atoms with van der Waals surface area (Å²) in [6.07, 6.45) is 5.29. The van der Waals surface area contributed by atoms with Crippen LogP contribution in [0.25, 0.3) is 0 Å². The van der Waals surface area contributed by atoms with E-state index in [0.717, 1.165) is 11.1 Å². The molecule has 6 heteroatoms. The van der Waals surface area contributed by atoms with Crippen molar-refractivity contribution in [3.05, 3.63) is 93.5 Å². The maximum atomic E-state index is 10.8. The van der Waals surface area contributed by atoms with E-state index in [0.29, 0.717) is 5.02 Å². The largest absolute Gasteiger partial charge is 0.326 e. The highest BCUT2D eigenvalue weighted by atomic mass is 35.5. The van der Waals surface area contributed by atoms with Gasteiger partial charge in [0.05, 0.1) is 17.3 Å². The molecule has 0 aliphatic heterocycles. The van der Waals surface area contributed by atoms with E-state index in [2.05, 4.69) is 4.98 Å². The van der Waals surface area contributed by atoms with Crippen LogP contribution >= 0.6 is 11.6 Å². The van der Waals surface area contributed by atoms with Crippen molar-refractivity contribution in [2.75, 3.05) is 0 Å². The summed E-state index contributed by atoms with van der Waals surface area (Å²) in [6, 6.07) is 14.0. The summed E-state index contributed by atoms with van der Waals surface area (Å²) < 4.78 is 1.95. The van der Waals surface area contributed by atoms with E-state index in [-0.39, 0.29) is 11.7 Å². The normalized spacial score (nSPS) is 12.0. The van der Waals surface area contributed by atoms with Gasteiger partial charge in [-0.2, -0.15) is 0 Å². The fraction of sp³-hybridized carbons (Fsp3) is 0.0625. The van der Waals surface area contributed by atoms with Crippen LogP contribution in [0.5, 0.6) is 0 Å². The van der Waals surface area contributed by atoms with Crippen LogP contribution in [-0.4, -0.2) is 14.5 Å². The first-order valence-electron chi connectivity index (χ1n) is 6.62. The summed E-state index contributed by atoms with van der Waals surface area (Å²) in [6.45, 7) is 0. The molecule has 0 aliphatic carbocycles. The highest BCUT2D eigenvalue weighted by Gasteiger charge is 2.17. The lowest BCUT2D eigenvalue weighted by Crippen LogP contribution is -2.10. The Morgan fingerprint density at radius 1 is 1.05 bits per heavy atom. The van der Waals surface area contributed by atoms with Crippen LogP contribution in [0.1, 0.15) is 17.2 Å². The molecule has 0 spiro atoms. The van der Waals surface area contributed by atoms with Gasteiger partial charge in [-0.25, -0.2) is 4.98 Å². The van der Waals surface area contributed by atoms with Gasteiger partial charge in [-0.15, -0.1) is 0 Å². The summed E-state index contributed by atoms with van der Waals surface area (Å²) in [5.74, 6) is 0. The maximum Gasteiger partial charge on any atom is 0.269 e. The number of rotatable bonds is 4. The van der Waals surface area contributed by atoms with Crippen molar-refractivity contribution in [3.8, 4) is 0 Å². The van der Waals surface area contributed by atoms with Gasteiger partial charge >= 0.3 is 0 Å². The fourth-order valence-electron chi connectivity index (χ4n) is 2.38. The zero-order valence-electron chi connectivity index (χ0n) is 11.5. The first-order chi connectivity index (χ1) is 10.6. The standard InChI is InChI=1S/C16H12ClN3O2/c17-14-5-1-12(2-6-14)16(19-10-9-18-11-19)13-3-7-15(8-4-13)20(21)22/h1-11,16H. The van der Waals surface area contributed by atoms with Crippen molar-refractivity contribution < 1.29 is 4.92 Å². The number of nitro benzene ring substituents is 1. The molecule has 0 amide bonds. The lowest BCUT2D eigenvalue weighted by molar-refractivity contribution is -0.384. The van der Waals surface area contributed by atoms with Gasteiger partial charge in [-0.1, -0.05) is 23.7 Å². The number of non-ortho nitro benzene ring substituents is 1. The van der Waals surface area contributed by atoms with Gasteiger partial charge in [0.15, 0.2) is 0 Å². The lowest BCUT2D eigenvalue weighted by Gasteiger charge is -2.19. The highest BCUT2D eigenvalue weighted by Crippen LogP contribution is 2.28. The predicted octanol–water partition coefficient (Wildman–Crippen LogP) is 4.08. The topological polar surface area (TPSA) is 61.0 Å². The van der Waals surface area contributed by atoms with Crippen LogP contribution in [0.2, 0.25) is 5.02 Å². The third-order valence-electron chi connectivity index (χ3n) is 3.43. The van der Waals surface area contributed by atoms with E-state index in [9.17, 15) is 10.1 Å². The van der Waals surface area contributed by atoms with Gasteiger partial charge in [0.25, 0.3) is 5.69 Å². The van der Waals surface area contributed by atoms with E-state index in [1.807, 2.05) is 35.0 Å². The van der Waals surface area contributed by atoms with Crippen molar-refractivity contribution in [1.82, 2.24) is 9.55 Å². The summed E-state index contributed by atoms with van der Waals surface area (Å²) in [4.78, 5) is 14.5. The van der Waals surface area contributed by atoms with E-state index in [4.69, 9.17) is 11.6 Å². The quantitative estimate of drug-likeness (QED) is 0.538. The second kappa shape index (κ2) is 5.99. The monoisotopic (exact) mass is 313 g/mol. The number of nitrogens with zero attached hydrogens (tertiary/aromatic N) is 3. The molecule has 0 fully saturated rings. The summed E-state index contributed by atoms with van der Waals surface area (Å²) >= 11 is 5.95. The highest BCUT2D eigenvalue weighted by molar-refractivity contribution is 6.30. The number of imidazole rings is 1. The molecule has 22 heavy (non-hydrogen) atoms.